The van der Waals surface area contributed by atoms with Crippen molar-refractivity contribution in [3.8, 4) is 5.75 Å². The van der Waals surface area contributed by atoms with Crippen molar-refractivity contribution in [2.24, 2.45) is 4.99 Å². The molecule has 1 atom stereocenters. The largest absolute Gasteiger partial charge is 0.488 e. The number of aryl methyl sites for hydroxylation is 1. The molecule has 1 heterocycles. The van der Waals surface area contributed by atoms with Crippen molar-refractivity contribution in [3.05, 3.63) is 29.3 Å². The summed E-state index contributed by atoms with van der Waals surface area (Å²) in [6.45, 7) is 6.39. The molecule has 1 aromatic carbocycles. The lowest BCUT2D eigenvalue weighted by atomic mass is 10.1. The molecule has 0 spiro atoms. The molecule has 1 aromatic rings. The lowest BCUT2D eigenvalue weighted by molar-refractivity contribution is 0.140. The fourth-order valence-corrected chi connectivity index (χ4v) is 3.39. The van der Waals surface area contributed by atoms with Crippen LogP contribution < -0.4 is 15.4 Å². The van der Waals surface area contributed by atoms with E-state index in [4.69, 9.17) is 9.47 Å². The second kappa shape index (κ2) is 13.4. The summed E-state index contributed by atoms with van der Waals surface area (Å²) in [5, 5.41) is 6.84. The number of rotatable bonds is 12. The minimum absolute atomic E-state index is 0.158. The summed E-state index contributed by atoms with van der Waals surface area (Å²) < 4.78 is 11.6. The quantitative estimate of drug-likeness (QED) is 0.318. The highest BCUT2D eigenvalue weighted by Crippen LogP contribution is 2.23. The van der Waals surface area contributed by atoms with Gasteiger partial charge in [-0.1, -0.05) is 31.4 Å². The molecule has 6 heteroatoms. The highest BCUT2D eigenvalue weighted by atomic mass is 16.5. The summed E-state index contributed by atoms with van der Waals surface area (Å²) in [5.41, 5.74) is 2.35. The van der Waals surface area contributed by atoms with Crippen LogP contribution in [0.3, 0.4) is 0 Å². The average molecular weight is 405 g/mol. The molecule has 6 nitrogen and oxygen atoms in total. The molecule has 2 N–H and O–H groups in total. The Hall–Kier alpha value is -1.79. The number of guanidine groups is 1. The first-order valence-corrected chi connectivity index (χ1v) is 11.0. The Morgan fingerprint density at radius 3 is 2.69 bits per heavy atom. The molecule has 29 heavy (non-hydrogen) atoms. The van der Waals surface area contributed by atoms with Gasteiger partial charge in [0.15, 0.2) is 5.96 Å². The smallest absolute Gasteiger partial charge is 0.191 e. The maximum atomic E-state index is 6.18. The van der Waals surface area contributed by atoms with Gasteiger partial charge in [-0.15, -0.1) is 0 Å². The Kier molecular flexibility index (Phi) is 10.9. The van der Waals surface area contributed by atoms with Crippen LogP contribution in [-0.2, 0) is 11.3 Å². The standard InChI is InChI=1S/C23H40N4O2/c1-19-10-11-20(22(16-19)29-21-12-15-28-18-21)17-26-23(24-2)25-13-8-6-5-7-9-14-27(3)4/h10-11,16,21H,5-9,12-15,17-18H2,1-4H3,(H2,24,25,26). The molecule has 0 aliphatic carbocycles. The van der Waals surface area contributed by atoms with E-state index < -0.39 is 0 Å². The van der Waals surface area contributed by atoms with Gasteiger partial charge in [-0.3, -0.25) is 4.99 Å². The Balaban J connectivity index is 1.69. The van der Waals surface area contributed by atoms with E-state index in [9.17, 15) is 0 Å². The number of benzene rings is 1. The highest BCUT2D eigenvalue weighted by molar-refractivity contribution is 5.79. The molecule has 1 aliphatic heterocycles. The summed E-state index contributed by atoms with van der Waals surface area (Å²) in [4.78, 5) is 6.60. The molecule has 0 aromatic heterocycles. The van der Waals surface area contributed by atoms with Crippen LogP contribution in [0.15, 0.2) is 23.2 Å². The van der Waals surface area contributed by atoms with Crippen LogP contribution in [0.5, 0.6) is 5.75 Å². The molecular weight excluding hydrogens is 364 g/mol. The van der Waals surface area contributed by atoms with Gasteiger partial charge in [-0.25, -0.2) is 0 Å². The van der Waals surface area contributed by atoms with Crippen molar-refractivity contribution in [2.75, 3.05) is 47.4 Å². The zero-order valence-corrected chi connectivity index (χ0v) is 18.8. The number of aliphatic imine (C=N–C) groups is 1. The predicted octanol–water partition coefficient (Wildman–Crippen LogP) is 3.34. The van der Waals surface area contributed by atoms with E-state index in [0.717, 1.165) is 36.8 Å². The van der Waals surface area contributed by atoms with Crippen LogP contribution >= 0.6 is 0 Å². The summed E-state index contributed by atoms with van der Waals surface area (Å²) in [6.07, 6.45) is 7.45. The Morgan fingerprint density at radius 2 is 1.97 bits per heavy atom. The predicted molar refractivity (Wildman–Crippen MR) is 121 cm³/mol. The minimum atomic E-state index is 0.158. The van der Waals surface area contributed by atoms with E-state index >= 15 is 0 Å². The summed E-state index contributed by atoms with van der Waals surface area (Å²) in [6, 6.07) is 6.37. The van der Waals surface area contributed by atoms with Crippen molar-refractivity contribution < 1.29 is 9.47 Å². The first kappa shape index (κ1) is 23.5. The highest BCUT2D eigenvalue weighted by Gasteiger charge is 2.18. The van der Waals surface area contributed by atoms with Gasteiger partial charge in [0.25, 0.3) is 0 Å². The summed E-state index contributed by atoms with van der Waals surface area (Å²) in [5.74, 6) is 1.79. The van der Waals surface area contributed by atoms with Gasteiger partial charge in [0.1, 0.15) is 11.9 Å². The molecule has 1 fully saturated rings. The van der Waals surface area contributed by atoms with Gasteiger partial charge in [-0.2, -0.15) is 0 Å². The van der Waals surface area contributed by atoms with Gasteiger partial charge in [-0.05, 0) is 52.0 Å². The molecule has 0 bridgehead atoms. The molecule has 2 rings (SSSR count). The monoisotopic (exact) mass is 404 g/mol. The number of nitrogens with one attached hydrogen (secondary N) is 2. The number of ether oxygens (including phenoxy) is 2. The van der Waals surface area contributed by atoms with E-state index in [1.165, 1.54) is 44.2 Å². The third-order valence-corrected chi connectivity index (χ3v) is 5.15. The lowest BCUT2D eigenvalue weighted by Gasteiger charge is -2.18. The number of nitrogens with zero attached hydrogens (tertiary/aromatic N) is 2. The molecular formula is C23H40N4O2. The first-order valence-electron chi connectivity index (χ1n) is 11.0. The van der Waals surface area contributed by atoms with Gasteiger partial charge >= 0.3 is 0 Å². The maximum Gasteiger partial charge on any atom is 0.191 e. The molecule has 1 unspecified atom stereocenters. The second-order valence-corrected chi connectivity index (χ2v) is 8.14. The van der Waals surface area contributed by atoms with E-state index in [-0.39, 0.29) is 6.10 Å². The Labute approximate surface area is 177 Å². The Bertz CT molecular complexity index is 613. The van der Waals surface area contributed by atoms with Gasteiger partial charge in [0.05, 0.1) is 13.2 Å². The van der Waals surface area contributed by atoms with Crippen LogP contribution in [-0.4, -0.2) is 64.4 Å². The summed E-state index contributed by atoms with van der Waals surface area (Å²) in [7, 11) is 6.09. The van der Waals surface area contributed by atoms with Crippen molar-refractivity contribution in [3.63, 3.8) is 0 Å². The fraction of sp³-hybridized carbons (Fsp3) is 0.696. The lowest BCUT2D eigenvalue weighted by Crippen LogP contribution is -2.37. The van der Waals surface area contributed by atoms with Crippen LogP contribution in [0.2, 0.25) is 0 Å². The van der Waals surface area contributed by atoms with Gasteiger partial charge in [0, 0.05) is 32.1 Å². The normalized spacial score (nSPS) is 17.0. The van der Waals surface area contributed by atoms with E-state index in [1.807, 2.05) is 7.05 Å². The topological polar surface area (TPSA) is 58.1 Å². The zero-order valence-electron chi connectivity index (χ0n) is 18.8. The van der Waals surface area contributed by atoms with E-state index in [1.54, 1.807) is 0 Å². The second-order valence-electron chi connectivity index (χ2n) is 8.14. The third kappa shape index (κ3) is 9.50. The molecule has 164 valence electrons. The number of hydrogen-bond donors (Lipinski definition) is 2. The van der Waals surface area contributed by atoms with Crippen molar-refractivity contribution in [2.45, 2.75) is 58.1 Å². The average Bonchev–Trinajstić information content (AvgIpc) is 3.20. The van der Waals surface area contributed by atoms with Crippen LogP contribution in [0.1, 0.15) is 49.7 Å². The fourth-order valence-electron chi connectivity index (χ4n) is 3.39. The molecule has 1 aliphatic rings. The zero-order chi connectivity index (χ0) is 20.9. The van der Waals surface area contributed by atoms with Crippen molar-refractivity contribution in [1.82, 2.24) is 15.5 Å². The number of unbranched alkanes of at least 4 members (excludes halogenated alkanes) is 4. The molecule has 0 amide bonds. The minimum Gasteiger partial charge on any atom is -0.488 e. The van der Waals surface area contributed by atoms with Gasteiger partial charge in [0.2, 0.25) is 0 Å². The van der Waals surface area contributed by atoms with Crippen LogP contribution in [0.4, 0.5) is 0 Å². The Morgan fingerprint density at radius 1 is 1.17 bits per heavy atom. The number of hydrogen-bond acceptors (Lipinski definition) is 4. The SMILES string of the molecule is CN=C(NCCCCCCCN(C)C)NCc1ccc(C)cc1OC1CCOC1. The van der Waals surface area contributed by atoms with Gasteiger partial charge < -0.3 is 25.0 Å². The third-order valence-electron chi connectivity index (χ3n) is 5.15. The van der Waals surface area contributed by atoms with Crippen molar-refractivity contribution >= 4 is 5.96 Å². The van der Waals surface area contributed by atoms with E-state index in [2.05, 4.69) is 59.7 Å². The molecule has 1 saturated heterocycles. The first-order chi connectivity index (χ1) is 14.1. The van der Waals surface area contributed by atoms with Crippen molar-refractivity contribution in [1.29, 1.82) is 0 Å². The summed E-state index contributed by atoms with van der Waals surface area (Å²) >= 11 is 0. The van der Waals surface area contributed by atoms with E-state index in [0.29, 0.717) is 13.2 Å². The van der Waals surface area contributed by atoms with Crippen LogP contribution in [0.25, 0.3) is 0 Å². The molecule has 0 radical (unpaired) electrons. The van der Waals surface area contributed by atoms with Crippen LogP contribution in [0, 0.1) is 6.92 Å². The molecule has 0 saturated carbocycles. The maximum absolute atomic E-state index is 6.18.